The molecular formula is C19H19N7O. The molecule has 0 spiro atoms. The van der Waals surface area contributed by atoms with E-state index in [4.69, 9.17) is 10.4 Å². The van der Waals surface area contributed by atoms with Crippen LogP contribution in [0.15, 0.2) is 42.7 Å². The van der Waals surface area contributed by atoms with Crippen LogP contribution in [0, 0.1) is 11.3 Å². The average molecular weight is 361 g/mol. The summed E-state index contributed by atoms with van der Waals surface area (Å²) in [4.78, 5) is 16.3. The van der Waals surface area contributed by atoms with Gasteiger partial charge in [0.25, 0.3) is 5.82 Å². The van der Waals surface area contributed by atoms with Gasteiger partial charge in [0.1, 0.15) is 24.8 Å². The average Bonchev–Trinajstić information content (AvgIpc) is 3.43. The fourth-order valence-corrected chi connectivity index (χ4v) is 3.43. The van der Waals surface area contributed by atoms with Gasteiger partial charge in [-0.2, -0.15) is 10.4 Å². The van der Waals surface area contributed by atoms with Crippen LogP contribution in [0.5, 0.6) is 0 Å². The zero-order chi connectivity index (χ0) is 18.6. The van der Waals surface area contributed by atoms with Crippen LogP contribution in [-0.4, -0.2) is 30.5 Å². The Kier molecular flexibility index (Phi) is 4.66. The Hall–Kier alpha value is -3.47. The van der Waals surface area contributed by atoms with Crippen molar-refractivity contribution in [2.24, 2.45) is 0 Å². The Morgan fingerprint density at radius 2 is 2.00 bits per heavy atom. The number of rotatable bonds is 5. The Morgan fingerprint density at radius 3 is 2.70 bits per heavy atom. The lowest BCUT2D eigenvalue weighted by atomic mass is 10.0. The first-order valence-corrected chi connectivity index (χ1v) is 8.98. The number of carbonyl (C=O) groups excluding carboxylic acids is 1. The van der Waals surface area contributed by atoms with Crippen LogP contribution in [0.4, 0.5) is 5.82 Å². The van der Waals surface area contributed by atoms with Crippen LogP contribution in [-0.2, 0) is 11.3 Å². The van der Waals surface area contributed by atoms with Gasteiger partial charge in [-0.3, -0.25) is 4.79 Å². The van der Waals surface area contributed by atoms with Crippen molar-refractivity contribution in [3.05, 3.63) is 54.2 Å². The molecule has 2 aromatic heterocycles. The molecule has 4 rings (SSSR count). The first-order valence-electron chi connectivity index (χ1n) is 8.98. The molecule has 1 amide bonds. The SMILES string of the molecule is N#Cc1ncn(CC(=O)Nc2cc(C3CCCC3)nn2-c2ccccc2)n1. The fourth-order valence-electron chi connectivity index (χ4n) is 3.43. The first kappa shape index (κ1) is 17.0. The highest BCUT2D eigenvalue weighted by Gasteiger charge is 2.22. The summed E-state index contributed by atoms with van der Waals surface area (Å²) in [6.45, 7) is -0.0204. The van der Waals surface area contributed by atoms with Gasteiger partial charge in [-0.1, -0.05) is 31.0 Å². The molecule has 27 heavy (non-hydrogen) atoms. The number of hydrogen-bond acceptors (Lipinski definition) is 5. The van der Waals surface area contributed by atoms with Gasteiger partial charge in [-0.05, 0) is 25.0 Å². The van der Waals surface area contributed by atoms with Crippen molar-refractivity contribution in [1.82, 2.24) is 24.5 Å². The second kappa shape index (κ2) is 7.41. The van der Waals surface area contributed by atoms with Gasteiger partial charge in [0.15, 0.2) is 0 Å². The molecule has 1 aromatic carbocycles. The topological polar surface area (TPSA) is 101 Å². The molecule has 0 saturated heterocycles. The maximum Gasteiger partial charge on any atom is 0.252 e. The Morgan fingerprint density at radius 1 is 1.22 bits per heavy atom. The van der Waals surface area contributed by atoms with E-state index >= 15 is 0 Å². The lowest BCUT2D eigenvalue weighted by molar-refractivity contribution is -0.116. The minimum atomic E-state index is -0.251. The zero-order valence-electron chi connectivity index (χ0n) is 14.7. The van der Waals surface area contributed by atoms with Crippen molar-refractivity contribution in [3.8, 4) is 11.8 Å². The van der Waals surface area contributed by atoms with E-state index in [1.54, 1.807) is 4.68 Å². The lowest BCUT2D eigenvalue weighted by Crippen LogP contribution is -2.21. The summed E-state index contributed by atoms with van der Waals surface area (Å²) in [7, 11) is 0. The van der Waals surface area contributed by atoms with Gasteiger partial charge in [0.05, 0.1) is 11.4 Å². The molecule has 1 aliphatic rings. The lowest BCUT2D eigenvalue weighted by Gasteiger charge is -2.08. The van der Waals surface area contributed by atoms with E-state index in [-0.39, 0.29) is 18.3 Å². The quantitative estimate of drug-likeness (QED) is 0.753. The van der Waals surface area contributed by atoms with Crippen LogP contribution in [0.2, 0.25) is 0 Å². The third-order valence-corrected chi connectivity index (χ3v) is 4.71. The molecule has 1 fully saturated rings. The summed E-state index contributed by atoms with van der Waals surface area (Å²) < 4.78 is 3.11. The van der Waals surface area contributed by atoms with Crippen molar-refractivity contribution >= 4 is 11.7 Å². The van der Waals surface area contributed by atoms with Crippen LogP contribution in [0.1, 0.15) is 43.1 Å². The zero-order valence-corrected chi connectivity index (χ0v) is 14.7. The molecule has 136 valence electrons. The van der Waals surface area contributed by atoms with Crippen molar-refractivity contribution in [2.45, 2.75) is 38.1 Å². The predicted molar refractivity (Wildman–Crippen MR) is 98.1 cm³/mol. The highest BCUT2D eigenvalue weighted by Crippen LogP contribution is 2.35. The third kappa shape index (κ3) is 3.72. The maximum atomic E-state index is 12.5. The van der Waals surface area contributed by atoms with Crippen molar-refractivity contribution in [1.29, 1.82) is 5.26 Å². The molecule has 0 aliphatic heterocycles. The number of anilines is 1. The molecule has 3 aromatic rings. The third-order valence-electron chi connectivity index (χ3n) is 4.71. The van der Waals surface area contributed by atoms with E-state index in [1.165, 1.54) is 23.9 Å². The largest absolute Gasteiger partial charge is 0.309 e. The van der Waals surface area contributed by atoms with Crippen LogP contribution >= 0.6 is 0 Å². The van der Waals surface area contributed by atoms with Crippen molar-refractivity contribution in [3.63, 3.8) is 0 Å². The molecule has 1 saturated carbocycles. The summed E-state index contributed by atoms with van der Waals surface area (Å²) >= 11 is 0. The number of nitrogens with zero attached hydrogens (tertiary/aromatic N) is 6. The number of nitriles is 1. The number of nitrogens with one attached hydrogen (secondary N) is 1. The molecule has 0 unspecified atom stereocenters. The van der Waals surface area contributed by atoms with Gasteiger partial charge in [-0.25, -0.2) is 14.3 Å². The van der Waals surface area contributed by atoms with Crippen LogP contribution < -0.4 is 5.32 Å². The monoisotopic (exact) mass is 361 g/mol. The van der Waals surface area contributed by atoms with E-state index in [9.17, 15) is 4.79 Å². The van der Waals surface area contributed by atoms with E-state index in [2.05, 4.69) is 15.4 Å². The van der Waals surface area contributed by atoms with E-state index in [0.717, 1.165) is 24.2 Å². The fraction of sp³-hybridized carbons (Fsp3) is 0.316. The van der Waals surface area contributed by atoms with E-state index in [0.29, 0.717) is 11.7 Å². The normalized spacial score (nSPS) is 14.2. The highest BCUT2D eigenvalue weighted by molar-refractivity contribution is 5.90. The molecular weight excluding hydrogens is 342 g/mol. The molecule has 2 heterocycles. The van der Waals surface area contributed by atoms with Gasteiger partial charge >= 0.3 is 0 Å². The number of para-hydroxylation sites is 1. The maximum absolute atomic E-state index is 12.5. The second-order valence-electron chi connectivity index (χ2n) is 6.61. The van der Waals surface area contributed by atoms with Gasteiger partial charge in [-0.15, -0.1) is 5.10 Å². The molecule has 8 heteroatoms. The highest BCUT2D eigenvalue weighted by atomic mass is 16.2. The Balaban J connectivity index is 1.58. The number of carbonyl (C=O) groups is 1. The minimum Gasteiger partial charge on any atom is -0.309 e. The summed E-state index contributed by atoms with van der Waals surface area (Å²) in [5.74, 6) is 0.868. The molecule has 0 radical (unpaired) electrons. The number of amides is 1. The number of hydrogen-bond donors (Lipinski definition) is 1. The molecule has 1 aliphatic carbocycles. The van der Waals surface area contributed by atoms with Crippen molar-refractivity contribution < 1.29 is 4.79 Å². The molecule has 1 N–H and O–H groups in total. The molecule has 0 bridgehead atoms. The summed E-state index contributed by atoms with van der Waals surface area (Å²) in [6.07, 6.45) is 6.08. The predicted octanol–water partition coefficient (Wildman–Crippen LogP) is 2.63. The van der Waals surface area contributed by atoms with E-state index < -0.39 is 0 Å². The summed E-state index contributed by atoms with van der Waals surface area (Å²) in [6, 6.07) is 13.5. The van der Waals surface area contributed by atoms with Gasteiger partial charge in [0, 0.05) is 12.0 Å². The van der Waals surface area contributed by atoms with Crippen LogP contribution in [0.25, 0.3) is 5.69 Å². The van der Waals surface area contributed by atoms with Gasteiger partial charge < -0.3 is 5.32 Å². The summed E-state index contributed by atoms with van der Waals surface area (Å²) in [5.41, 5.74) is 1.91. The second-order valence-corrected chi connectivity index (χ2v) is 6.61. The smallest absolute Gasteiger partial charge is 0.252 e. The van der Waals surface area contributed by atoms with Crippen LogP contribution in [0.3, 0.4) is 0 Å². The number of benzene rings is 1. The summed E-state index contributed by atoms with van der Waals surface area (Å²) in [5, 5.41) is 20.4. The van der Waals surface area contributed by atoms with Crippen molar-refractivity contribution in [2.75, 3.05) is 5.32 Å². The molecule has 0 atom stereocenters. The standard InChI is InChI=1S/C19H19N7O/c20-11-17-21-13-25(24-17)12-19(27)22-18-10-16(14-6-4-5-7-14)23-26(18)15-8-2-1-3-9-15/h1-3,8-10,13-14H,4-7,12H2,(H,22,27). The van der Waals surface area contributed by atoms with E-state index in [1.807, 2.05) is 42.5 Å². The minimum absolute atomic E-state index is 0.0204. The van der Waals surface area contributed by atoms with Gasteiger partial charge in [0.2, 0.25) is 5.91 Å². The first-order chi connectivity index (χ1) is 13.2. The number of aromatic nitrogens is 5. The molecule has 8 nitrogen and oxygen atoms in total. The Labute approximate surface area is 156 Å². The Bertz CT molecular complexity index is 977.